The summed E-state index contributed by atoms with van der Waals surface area (Å²) in [6.07, 6.45) is 0.612. The van der Waals surface area contributed by atoms with E-state index in [0.29, 0.717) is 31.6 Å². The van der Waals surface area contributed by atoms with Gasteiger partial charge in [-0.25, -0.2) is 4.68 Å². The van der Waals surface area contributed by atoms with Crippen molar-refractivity contribution in [3.05, 3.63) is 51.1 Å². The fourth-order valence-corrected chi connectivity index (χ4v) is 3.62. The van der Waals surface area contributed by atoms with Crippen molar-refractivity contribution in [2.45, 2.75) is 59.7 Å². The largest absolute Gasteiger partial charge is 0.396 e. The van der Waals surface area contributed by atoms with Gasteiger partial charge in [-0.05, 0) is 74.5 Å². The van der Waals surface area contributed by atoms with Crippen LogP contribution >= 0.6 is 0 Å². The van der Waals surface area contributed by atoms with Gasteiger partial charge in [-0.1, -0.05) is 11.6 Å². The lowest BCUT2D eigenvalue weighted by molar-refractivity contribution is 0.200. The summed E-state index contributed by atoms with van der Waals surface area (Å²) in [6.45, 7) is 11.9. The summed E-state index contributed by atoms with van der Waals surface area (Å²) < 4.78 is 1.80. The molecule has 0 atom stereocenters. The average Bonchev–Trinajstić information content (AvgIpc) is 3.09. The minimum atomic E-state index is -0.239. The van der Waals surface area contributed by atoms with E-state index in [1.807, 2.05) is 33.8 Å². The number of nitrogens with zero attached hydrogens (tertiary/aromatic N) is 5. The van der Waals surface area contributed by atoms with E-state index in [-0.39, 0.29) is 17.7 Å². The molecule has 8 nitrogen and oxygen atoms in total. The quantitative estimate of drug-likeness (QED) is 0.633. The molecule has 0 aliphatic rings. The highest BCUT2D eigenvalue weighted by atomic mass is 16.3. The van der Waals surface area contributed by atoms with E-state index in [2.05, 4.69) is 44.5 Å². The van der Waals surface area contributed by atoms with Gasteiger partial charge in [-0.3, -0.25) is 9.69 Å². The van der Waals surface area contributed by atoms with Crippen molar-refractivity contribution < 1.29 is 5.11 Å². The predicted molar refractivity (Wildman–Crippen MR) is 113 cm³/mol. The van der Waals surface area contributed by atoms with Gasteiger partial charge in [0.2, 0.25) is 0 Å². The first-order valence-electron chi connectivity index (χ1n) is 9.93. The molecule has 3 aromatic rings. The van der Waals surface area contributed by atoms with Crippen LogP contribution in [0, 0.1) is 13.8 Å². The molecule has 0 saturated heterocycles. The minimum Gasteiger partial charge on any atom is -0.396 e. The lowest BCUT2D eigenvalue weighted by atomic mass is 10.1. The van der Waals surface area contributed by atoms with Crippen LogP contribution in [0.5, 0.6) is 0 Å². The third-order valence-corrected chi connectivity index (χ3v) is 4.93. The Kier molecular flexibility index (Phi) is 6.14. The summed E-state index contributed by atoms with van der Waals surface area (Å²) in [5, 5.41) is 22.5. The predicted octanol–water partition coefficient (Wildman–Crippen LogP) is 2.27. The van der Waals surface area contributed by atoms with Crippen molar-refractivity contribution in [3.63, 3.8) is 0 Å². The van der Waals surface area contributed by atoms with Gasteiger partial charge in [-0.15, -0.1) is 5.10 Å². The maximum Gasteiger partial charge on any atom is 0.252 e. The SMILES string of the molecule is Cc1cc(C)c2[nH]c(=O)c(CN(CCCO)Cc3nnnn3C(C)(C)C)cc2c1. The van der Waals surface area contributed by atoms with Crippen molar-refractivity contribution in [1.82, 2.24) is 30.1 Å². The number of pyridine rings is 1. The molecule has 2 heterocycles. The minimum absolute atomic E-state index is 0.0890. The van der Waals surface area contributed by atoms with E-state index in [1.54, 1.807) is 4.68 Å². The molecule has 0 unspecified atom stereocenters. The van der Waals surface area contributed by atoms with Crippen molar-refractivity contribution in [2.75, 3.05) is 13.2 Å². The van der Waals surface area contributed by atoms with Crippen LogP contribution in [0.4, 0.5) is 0 Å². The number of H-pyrrole nitrogens is 1. The lowest BCUT2D eigenvalue weighted by Crippen LogP contribution is -2.32. The van der Waals surface area contributed by atoms with Crippen LogP contribution < -0.4 is 5.56 Å². The summed E-state index contributed by atoms with van der Waals surface area (Å²) in [5.41, 5.74) is 3.46. The molecular formula is C21H30N6O2. The number of tetrazole rings is 1. The molecule has 156 valence electrons. The molecule has 0 radical (unpaired) electrons. The number of hydrogen-bond acceptors (Lipinski definition) is 6. The molecule has 2 N–H and O–H groups in total. The fraction of sp³-hybridized carbons (Fsp3) is 0.524. The second kappa shape index (κ2) is 8.42. The van der Waals surface area contributed by atoms with E-state index in [4.69, 9.17) is 0 Å². The monoisotopic (exact) mass is 398 g/mol. The second-order valence-electron chi connectivity index (χ2n) is 8.64. The van der Waals surface area contributed by atoms with Gasteiger partial charge in [0.05, 0.1) is 17.6 Å². The number of fused-ring (bicyclic) bond motifs is 1. The first-order chi connectivity index (χ1) is 13.7. The maximum atomic E-state index is 12.7. The molecule has 0 spiro atoms. The first kappa shape index (κ1) is 21.1. The van der Waals surface area contributed by atoms with Crippen LogP contribution in [0.25, 0.3) is 10.9 Å². The van der Waals surface area contributed by atoms with Gasteiger partial charge in [0.15, 0.2) is 5.82 Å². The Bertz CT molecular complexity index is 1050. The van der Waals surface area contributed by atoms with Crippen LogP contribution in [0.2, 0.25) is 0 Å². The lowest BCUT2D eigenvalue weighted by Gasteiger charge is -2.25. The number of aromatic nitrogens is 5. The summed E-state index contributed by atoms with van der Waals surface area (Å²) in [5.74, 6) is 0.736. The zero-order chi connectivity index (χ0) is 21.2. The Morgan fingerprint density at radius 2 is 1.93 bits per heavy atom. The molecular weight excluding hydrogens is 368 g/mol. The smallest absolute Gasteiger partial charge is 0.252 e. The Labute approximate surface area is 170 Å². The molecule has 2 aromatic heterocycles. The number of aryl methyl sites for hydroxylation is 2. The molecule has 3 rings (SSSR count). The number of benzene rings is 1. The van der Waals surface area contributed by atoms with Gasteiger partial charge in [0.1, 0.15) is 0 Å². The highest BCUT2D eigenvalue weighted by Crippen LogP contribution is 2.19. The van der Waals surface area contributed by atoms with Crippen molar-refractivity contribution in [3.8, 4) is 0 Å². The third-order valence-electron chi connectivity index (χ3n) is 4.93. The van der Waals surface area contributed by atoms with Crippen molar-refractivity contribution in [1.29, 1.82) is 0 Å². The normalized spacial score (nSPS) is 12.2. The molecule has 0 bridgehead atoms. The highest BCUT2D eigenvalue weighted by molar-refractivity contribution is 5.82. The van der Waals surface area contributed by atoms with Crippen LogP contribution in [-0.4, -0.2) is 48.3 Å². The number of rotatable bonds is 7. The fourth-order valence-electron chi connectivity index (χ4n) is 3.62. The Morgan fingerprint density at radius 1 is 1.17 bits per heavy atom. The first-order valence-corrected chi connectivity index (χ1v) is 9.93. The van der Waals surface area contributed by atoms with E-state index in [9.17, 15) is 9.90 Å². The van der Waals surface area contributed by atoms with Gasteiger partial charge in [0, 0.05) is 25.3 Å². The number of aromatic amines is 1. The number of nitrogens with one attached hydrogen (secondary N) is 1. The Balaban J connectivity index is 1.92. The van der Waals surface area contributed by atoms with E-state index < -0.39 is 0 Å². The van der Waals surface area contributed by atoms with Gasteiger partial charge >= 0.3 is 0 Å². The molecule has 0 amide bonds. The molecule has 0 fully saturated rings. The third kappa shape index (κ3) is 4.89. The maximum absolute atomic E-state index is 12.7. The molecule has 0 aliphatic carbocycles. The highest BCUT2D eigenvalue weighted by Gasteiger charge is 2.22. The van der Waals surface area contributed by atoms with Gasteiger partial charge < -0.3 is 10.1 Å². The number of hydrogen-bond donors (Lipinski definition) is 2. The van der Waals surface area contributed by atoms with Crippen LogP contribution in [0.15, 0.2) is 23.0 Å². The zero-order valence-electron chi connectivity index (χ0n) is 17.9. The molecule has 0 saturated carbocycles. The zero-order valence-corrected chi connectivity index (χ0v) is 17.9. The average molecular weight is 399 g/mol. The number of aliphatic hydroxyl groups excluding tert-OH is 1. The van der Waals surface area contributed by atoms with Crippen molar-refractivity contribution in [2.24, 2.45) is 0 Å². The molecule has 8 heteroatoms. The van der Waals surface area contributed by atoms with Gasteiger partial charge in [0.25, 0.3) is 5.56 Å². The summed E-state index contributed by atoms with van der Waals surface area (Å²) in [4.78, 5) is 17.9. The van der Waals surface area contributed by atoms with Gasteiger partial charge in [-0.2, -0.15) is 0 Å². The van der Waals surface area contributed by atoms with Crippen molar-refractivity contribution >= 4 is 10.9 Å². The van der Waals surface area contributed by atoms with Crippen LogP contribution in [0.1, 0.15) is 49.7 Å². The van der Waals surface area contributed by atoms with E-state index in [0.717, 1.165) is 27.9 Å². The topological polar surface area (TPSA) is 99.9 Å². The molecule has 1 aromatic carbocycles. The van der Waals surface area contributed by atoms with E-state index in [1.165, 1.54) is 0 Å². The number of aliphatic hydroxyl groups is 1. The summed E-state index contributed by atoms with van der Waals surface area (Å²) in [7, 11) is 0. The summed E-state index contributed by atoms with van der Waals surface area (Å²) in [6, 6.07) is 6.12. The standard InChI is InChI=1S/C21H30N6O2/c1-14-9-15(2)19-16(10-14)11-17(20(29)22-19)12-26(7-6-8-28)13-18-23-24-25-27(18)21(3,4)5/h9-11,28H,6-8,12-13H2,1-5H3,(H,22,29). The molecule has 29 heavy (non-hydrogen) atoms. The van der Waals surface area contributed by atoms with Crippen LogP contribution in [-0.2, 0) is 18.6 Å². The molecule has 0 aliphatic heterocycles. The van der Waals surface area contributed by atoms with Crippen LogP contribution in [0.3, 0.4) is 0 Å². The summed E-state index contributed by atoms with van der Waals surface area (Å²) >= 11 is 0. The Morgan fingerprint density at radius 3 is 2.62 bits per heavy atom. The Hall–Kier alpha value is -2.58. The van der Waals surface area contributed by atoms with E-state index >= 15 is 0 Å². The second-order valence-corrected chi connectivity index (χ2v) is 8.64.